The van der Waals surface area contributed by atoms with Crippen LogP contribution in [0.1, 0.15) is 33.9 Å². The van der Waals surface area contributed by atoms with Crippen LogP contribution in [0.25, 0.3) is 0 Å². The molecule has 0 saturated carbocycles. The number of hydrogen-bond acceptors (Lipinski definition) is 3. The van der Waals surface area contributed by atoms with Crippen molar-refractivity contribution in [3.05, 3.63) is 130 Å². The van der Waals surface area contributed by atoms with Gasteiger partial charge in [-0.05, 0) is 67.3 Å². The normalized spacial score (nSPS) is 12.1. The number of rotatable bonds is 8. The molecule has 0 fully saturated rings. The van der Waals surface area contributed by atoms with Crippen LogP contribution in [0.5, 0.6) is 0 Å². The molecule has 0 radical (unpaired) electrons. The maximum Gasteiger partial charge on any atom is 0.264 e. The highest BCUT2D eigenvalue weighted by Crippen LogP contribution is 2.29. The molecule has 190 valence electrons. The number of aryl methyl sites for hydroxylation is 3. The largest absolute Gasteiger partial charge is 0.344 e. The van der Waals surface area contributed by atoms with Crippen molar-refractivity contribution in [3.8, 4) is 0 Å². The summed E-state index contributed by atoms with van der Waals surface area (Å²) in [5.41, 5.74) is 4.92. The van der Waals surface area contributed by atoms with E-state index in [0.29, 0.717) is 10.7 Å². The van der Waals surface area contributed by atoms with Gasteiger partial charge in [-0.25, -0.2) is 8.42 Å². The summed E-state index contributed by atoms with van der Waals surface area (Å²) >= 11 is 6.35. The van der Waals surface area contributed by atoms with Gasteiger partial charge in [-0.1, -0.05) is 90.0 Å². The molecule has 1 N–H and O–H groups in total. The Balaban J connectivity index is 1.72. The molecule has 0 aromatic heterocycles. The fraction of sp³-hybridized carbons (Fsp3) is 0.167. The summed E-state index contributed by atoms with van der Waals surface area (Å²) in [5.74, 6) is -0.440. The van der Waals surface area contributed by atoms with Crippen molar-refractivity contribution in [1.29, 1.82) is 0 Å². The molecular formula is C30H29ClN2O3S. The van der Waals surface area contributed by atoms with E-state index < -0.39 is 28.5 Å². The second-order valence-electron chi connectivity index (χ2n) is 9.03. The molecule has 0 bridgehead atoms. The molecule has 4 rings (SSSR count). The molecule has 1 atom stereocenters. The highest BCUT2D eigenvalue weighted by Gasteiger charge is 2.29. The number of nitrogens with zero attached hydrogens (tertiary/aromatic N) is 1. The zero-order chi connectivity index (χ0) is 26.6. The quantitative estimate of drug-likeness (QED) is 0.287. The van der Waals surface area contributed by atoms with Gasteiger partial charge in [0.25, 0.3) is 10.0 Å². The average molecular weight is 533 g/mol. The van der Waals surface area contributed by atoms with Crippen LogP contribution in [0.3, 0.4) is 0 Å². The minimum absolute atomic E-state index is 0.0983. The summed E-state index contributed by atoms with van der Waals surface area (Å²) in [5, 5.41) is 3.49. The van der Waals surface area contributed by atoms with Crippen molar-refractivity contribution in [2.45, 2.75) is 31.7 Å². The third kappa shape index (κ3) is 6.04. The summed E-state index contributed by atoms with van der Waals surface area (Å²) in [6.45, 7) is 5.30. The minimum Gasteiger partial charge on any atom is -0.344 e. The lowest BCUT2D eigenvalue weighted by molar-refractivity contribution is -0.120. The minimum atomic E-state index is -4.05. The van der Waals surface area contributed by atoms with Gasteiger partial charge >= 0.3 is 0 Å². The standard InChI is InChI=1S/C30H29ClN2O3S/c1-21-13-17-26(18-14-21)37(35,36)33(25-16-15-23(3)28(31)19-25)20-29(34)32-30(24-10-5-4-6-11-24)27-12-8-7-9-22(27)2/h4-19,30H,20H2,1-3H3,(H,32,34). The Hall–Kier alpha value is -3.61. The van der Waals surface area contributed by atoms with Crippen molar-refractivity contribution in [2.75, 3.05) is 10.8 Å². The van der Waals surface area contributed by atoms with Gasteiger partial charge in [0.2, 0.25) is 5.91 Å². The zero-order valence-corrected chi connectivity index (χ0v) is 22.6. The maximum absolute atomic E-state index is 13.8. The van der Waals surface area contributed by atoms with E-state index >= 15 is 0 Å². The Morgan fingerprint density at radius 3 is 2.14 bits per heavy atom. The van der Waals surface area contributed by atoms with E-state index in [-0.39, 0.29) is 4.90 Å². The van der Waals surface area contributed by atoms with Crippen molar-refractivity contribution in [2.24, 2.45) is 0 Å². The lowest BCUT2D eigenvalue weighted by Gasteiger charge is -2.27. The van der Waals surface area contributed by atoms with Crippen LogP contribution in [-0.4, -0.2) is 20.9 Å². The second kappa shape index (κ2) is 11.2. The monoisotopic (exact) mass is 532 g/mol. The molecule has 0 aliphatic rings. The number of hydrogen-bond donors (Lipinski definition) is 1. The van der Waals surface area contributed by atoms with Gasteiger partial charge in [0.15, 0.2) is 0 Å². The van der Waals surface area contributed by atoms with E-state index in [9.17, 15) is 13.2 Å². The lowest BCUT2D eigenvalue weighted by atomic mass is 9.95. The van der Waals surface area contributed by atoms with Crippen LogP contribution in [0, 0.1) is 20.8 Å². The first-order valence-corrected chi connectivity index (χ1v) is 13.7. The summed E-state index contributed by atoms with van der Waals surface area (Å²) in [6, 6.07) is 28.5. The molecule has 7 heteroatoms. The number of carbonyl (C=O) groups excluding carboxylic acids is 1. The van der Waals surface area contributed by atoms with Gasteiger partial charge in [0.1, 0.15) is 6.54 Å². The summed E-state index contributed by atoms with van der Waals surface area (Å²) < 4.78 is 28.6. The van der Waals surface area contributed by atoms with Gasteiger partial charge in [-0.3, -0.25) is 9.10 Å². The number of carbonyl (C=O) groups is 1. The average Bonchev–Trinajstić information content (AvgIpc) is 2.89. The molecular weight excluding hydrogens is 504 g/mol. The molecule has 1 amide bonds. The van der Waals surface area contributed by atoms with Gasteiger partial charge in [-0.15, -0.1) is 0 Å². The highest BCUT2D eigenvalue weighted by molar-refractivity contribution is 7.92. The number of anilines is 1. The van der Waals surface area contributed by atoms with E-state index in [4.69, 9.17) is 11.6 Å². The predicted molar refractivity (Wildman–Crippen MR) is 150 cm³/mol. The Morgan fingerprint density at radius 2 is 1.49 bits per heavy atom. The molecule has 0 aliphatic carbocycles. The number of amides is 1. The molecule has 0 aliphatic heterocycles. The van der Waals surface area contributed by atoms with Crippen LogP contribution in [0.15, 0.2) is 102 Å². The van der Waals surface area contributed by atoms with Gasteiger partial charge in [-0.2, -0.15) is 0 Å². The molecule has 1 unspecified atom stereocenters. The third-order valence-electron chi connectivity index (χ3n) is 6.28. The molecule has 37 heavy (non-hydrogen) atoms. The van der Waals surface area contributed by atoms with Crippen LogP contribution in [-0.2, 0) is 14.8 Å². The van der Waals surface area contributed by atoms with E-state index in [1.807, 2.05) is 75.4 Å². The van der Waals surface area contributed by atoms with Crippen molar-refractivity contribution in [3.63, 3.8) is 0 Å². The summed E-state index contributed by atoms with van der Waals surface area (Å²) in [7, 11) is -4.05. The third-order valence-corrected chi connectivity index (χ3v) is 8.47. The number of benzene rings is 4. The number of sulfonamides is 1. The first kappa shape index (κ1) is 26.5. The fourth-order valence-corrected chi connectivity index (χ4v) is 5.71. The summed E-state index contributed by atoms with van der Waals surface area (Å²) in [6.07, 6.45) is 0. The first-order valence-electron chi connectivity index (χ1n) is 11.9. The van der Waals surface area contributed by atoms with E-state index in [1.54, 1.807) is 42.5 Å². The Labute approximate surface area is 223 Å². The second-order valence-corrected chi connectivity index (χ2v) is 11.3. The Bertz CT molecular complexity index is 1500. The summed E-state index contributed by atoms with van der Waals surface area (Å²) in [4.78, 5) is 13.6. The SMILES string of the molecule is Cc1ccc(S(=O)(=O)N(CC(=O)NC(c2ccccc2)c2ccccc2C)c2ccc(C)c(Cl)c2)cc1. The number of halogens is 1. The van der Waals surface area contributed by atoms with Gasteiger partial charge in [0.05, 0.1) is 16.6 Å². The zero-order valence-electron chi connectivity index (χ0n) is 21.0. The lowest BCUT2D eigenvalue weighted by Crippen LogP contribution is -2.42. The highest BCUT2D eigenvalue weighted by atomic mass is 35.5. The van der Waals surface area contributed by atoms with Crippen molar-refractivity contribution >= 4 is 33.2 Å². The van der Waals surface area contributed by atoms with Crippen LogP contribution >= 0.6 is 11.6 Å². The van der Waals surface area contributed by atoms with Crippen LogP contribution in [0.2, 0.25) is 5.02 Å². The molecule has 4 aromatic carbocycles. The Morgan fingerprint density at radius 1 is 0.838 bits per heavy atom. The van der Waals surface area contributed by atoms with Crippen molar-refractivity contribution in [1.82, 2.24) is 5.32 Å². The van der Waals surface area contributed by atoms with E-state index in [1.165, 1.54) is 0 Å². The Kier molecular flexibility index (Phi) is 8.00. The van der Waals surface area contributed by atoms with Crippen LogP contribution in [0.4, 0.5) is 5.69 Å². The topological polar surface area (TPSA) is 66.5 Å². The van der Waals surface area contributed by atoms with Crippen LogP contribution < -0.4 is 9.62 Å². The van der Waals surface area contributed by atoms with Gasteiger partial charge in [0, 0.05) is 5.02 Å². The van der Waals surface area contributed by atoms with Crippen molar-refractivity contribution < 1.29 is 13.2 Å². The van der Waals surface area contributed by atoms with Gasteiger partial charge < -0.3 is 5.32 Å². The predicted octanol–water partition coefficient (Wildman–Crippen LogP) is 6.37. The molecule has 4 aromatic rings. The molecule has 0 spiro atoms. The van der Waals surface area contributed by atoms with E-state index in [2.05, 4.69) is 5.32 Å². The van der Waals surface area contributed by atoms with E-state index in [0.717, 1.165) is 32.1 Å². The number of nitrogens with one attached hydrogen (secondary N) is 1. The fourth-order valence-electron chi connectivity index (χ4n) is 4.12. The maximum atomic E-state index is 13.8. The smallest absolute Gasteiger partial charge is 0.264 e. The first-order chi connectivity index (χ1) is 17.7. The molecule has 0 heterocycles. The molecule has 5 nitrogen and oxygen atoms in total. The molecule has 0 saturated heterocycles.